The van der Waals surface area contributed by atoms with Gasteiger partial charge in [-0.1, -0.05) is 11.6 Å². The molecule has 1 N–H and O–H groups in total. The summed E-state index contributed by atoms with van der Waals surface area (Å²) in [6.45, 7) is 3.45. The lowest BCUT2D eigenvalue weighted by Crippen LogP contribution is -2.20. The van der Waals surface area contributed by atoms with Crippen molar-refractivity contribution in [2.75, 3.05) is 12.4 Å². The number of anilines is 1. The van der Waals surface area contributed by atoms with E-state index in [0.717, 1.165) is 5.56 Å². The number of benzene rings is 1. The van der Waals surface area contributed by atoms with Gasteiger partial charge >= 0.3 is 0 Å². The Bertz CT molecular complexity index is 405. The molecule has 0 saturated heterocycles. The fourth-order valence-corrected chi connectivity index (χ4v) is 1.37. The summed E-state index contributed by atoms with van der Waals surface area (Å²) in [6, 6.07) is 3.41. The summed E-state index contributed by atoms with van der Waals surface area (Å²) in [5.74, 6) is 0.239. The lowest BCUT2D eigenvalue weighted by atomic mass is 10.2. The molecule has 1 amide bonds. The zero-order valence-electron chi connectivity index (χ0n) is 9.30. The van der Waals surface area contributed by atoms with Crippen molar-refractivity contribution in [3.8, 4) is 5.75 Å². The normalized spacial score (nSPS) is 12.1. The van der Waals surface area contributed by atoms with Gasteiger partial charge in [-0.25, -0.2) is 0 Å². The van der Waals surface area contributed by atoms with E-state index in [1.807, 2.05) is 6.92 Å². The topological polar surface area (TPSA) is 38.3 Å². The molecular weight excluding hydrogens is 249 g/mol. The second-order valence-corrected chi connectivity index (χ2v) is 4.47. The summed E-state index contributed by atoms with van der Waals surface area (Å²) < 4.78 is 5.12. The van der Waals surface area contributed by atoms with Crippen molar-refractivity contribution >= 4 is 34.8 Å². The molecule has 0 aliphatic heterocycles. The minimum atomic E-state index is -0.597. The number of halogens is 2. The molecule has 1 rings (SSSR count). The minimum Gasteiger partial charge on any atom is -0.495 e. The first-order chi connectivity index (χ1) is 7.45. The van der Waals surface area contributed by atoms with Crippen molar-refractivity contribution in [3.05, 3.63) is 22.7 Å². The molecule has 0 aliphatic rings. The van der Waals surface area contributed by atoms with Crippen LogP contribution in [0, 0.1) is 6.92 Å². The largest absolute Gasteiger partial charge is 0.495 e. The Morgan fingerprint density at radius 1 is 1.50 bits per heavy atom. The van der Waals surface area contributed by atoms with Gasteiger partial charge in [0.2, 0.25) is 5.91 Å². The third-order valence-electron chi connectivity index (χ3n) is 2.10. The first-order valence-corrected chi connectivity index (χ1v) is 5.56. The summed E-state index contributed by atoms with van der Waals surface area (Å²) >= 11 is 11.6. The highest BCUT2D eigenvalue weighted by Crippen LogP contribution is 2.31. The molecule has 0 spiro atoms. The smallest absolute Gasteiger partial charge is 0.242 e. The Morgan fingerprint density at radius 3 is 2.62 bits per heavy atom. The van der Waals surface area contributed by atoms with Crippen LogP contribution in [0.3, 0.4) is 0 Å². The van der Waals surface area contributed by atoms with Crippen molar-refractivity contribution in [2.45, 2.75) is 19.2 Å². The maximum absolute atomic E-state index is 11.4. The highest BCUT2D eigenvalue weighted by Gasteiger charge is 2.13. The number of ether oxygens (including phenoxy) is 1. The molecule has 1 atom stereocenters. The summed E-state index contributed by atoms with van der Waals surface area (Å²) in [5.41, 5.74) is 1.43. The zero-order valence-corrected chi connectivity index (χ0v) is 10.8. The number of carbonyl (C=O) groups excluding carboxylic acids is 1. The number of amides is 1. The van der Waals surface area contributed by atoms with E-state index in [0.29, 0.717) is 16.5 Å². The number of carbonyl (C=O) groups is 1. The molecule has 3 nitrogen and oxygen atoms in total. The zero-order chi connectivity index (χ0) is 12.3. The van der Waals surface area contributed by atoms with Crippen LogP contribution in [0.4, 0.5) is 5.69 Å². The third-order valence-corrected chi connectivity index (χ3v) is 2.71. The Kier molecular flexibility index (Phi) is 4.44. The first-order valence-electron chi connectivity index (χ1n) is 4.74. The maximum atomic E-state index is 11.4. The molecule has 0 aromatic heterocycles. The third kappa shape index (κ3) is 3.03. The van der Waals surface area contributed by atoms with Gasteiger partial charge in [-0.2, -0.15) is 0 Å². The van der Waals surface area contributed by atoms with Gasteiger partial charge in [-0.05, 0) is 25.5 Å². The Labute approximate surface area is 105 Å². The number of aryl methyl sites for hydroxylation is 1. The lowest BCUT2D eigenvalue weighted by molar-refractivity contribution is -0.115. The molecule has 0 heterocycles. The van der Waals surface area contributed by atoms with E-state index in [-0.39, 0.29) is 5.91 Å². The van der Waals surface area contributed by atoms with Crippen molar-refractivity contribution in [3.63, 3.8) is 0 Å². The molecule has 0 bridgehead atoms. The van der Waals surface area contributed by atoms with E-state index in [1.54, 1.807) is 19.1 Å². The fraction of sp³-hybridized carbons (Fsp3) is 0.364. The van der Waals surface area contributed by atoms with Gasteiger partial charge in [0, 0.05) is 11.1 Å². The molecule has 1 aromatic carbocycles. The average molecular weight is 262 g/mol. The summed E-state index contributed by atoms with van der Waals surface area (Å²) in [6.07, 6.45) is 0. The predicted molar refractivity (Wildman–Crippen MR) is 66.7 cm³/mol. The van der Waals surface area contributed by atoms with Crippen LogP contribution in [0.5, 0.6) is 5.75 Å². The van der Waals surface area contributed by atoms with Crippen molar-refractivity contribution in [1.29, 1.82) is 0 Å². The Balaban J connectivity index is 3.03. The Morgan fingerprint density at radius 2 is 2.12 bits per heavy atom. The van der Waals surface area contributed by atoms with Crippen LogP contribution in [0.25, 0.3) is 0 Å². The second kappa shape index (κ2) is 5.41. The van der Waals surface area contributed by atoms with Crippen LogP contribution in [0.2, 0.25) is 5.02 Å². The molecule has 5 heteroatoms. The average Bonchev–Trinajstić information content (AvgIpc) is 2.22. The summed E-state index contributed by atoms with van der Waals surface area (Å²) in [7, 11) is 1.51. The molecule has 0 radical (unpaired) electrons. The van der Waals surface area contributed by atoms with Gasteiger partial charge in [-0.15, -0.1) is 11.6 Å². The molecule has 16 heavy (non-hydrogen) atoms. The van der Waals surface area contributed by atoms with Gasteiger partial charge in [0.05, 0.1) is 12.8 Å². The standard InChI is InChI=1S/C11H13Cl2NO2/c1-6-4-9(14-11(15)7(2)12)10(16-3)5-8(6)13/h4-5,7H,1-3H3,(H,14,15)/t7-/m1/s1. The SMILES string of the molecule is COc1cc(Cl)c(C)cc1NC(=O)[C@@H](C)Cl. The number of alkyl halides is 1. The quantitative estimate of drug-likeness (QED) is 0.849. The van der Waals surface area contributed by atoms with Crippen LogP contribution >= 0.6 is 23.2 Å². The monoisotopic (exact) mass is 261 g/mol. The first kappa shape index (κ1) is 13.1. The minimum absolute atomic E-state index is 0.276. The van der Waals surface area contributed by atoms with E-state index in [2.05, 4.69) is 5.32 Å². The second-order valence-electron chi connectivity index (χ2n) is 3.41. The molecule has 88 valence electrons. The van der Waals surface area contributed by atoms with Crippen molar-refractivity contribution in [1.82, 2.24) is 0 Å². The van der Waals surface area contributed by atoms with E-state index in [4.69, 9.17) is 27.9 Å². The number of methoxy groups -OCH3 is 1. The highest BCUT2D eigenvalue weighted by molar-refractivity contribution is 6.33. The molecule has 0 saturated carbocycles. The maximum Gasteiger partial charge on any atom is 0.242 e. The lowest BCUT2D eigenvalue weighted by Gasteiger charge is -2.12. The van der Waals surface area contributed by atoms with Crippen LogP contribution in [0.15, 0.2) is 12.1 Å². The predicted octanol–water partition coefficient (Wildman–Crippen LogP) is 3.22. The number of rotatable bonds is 3. The molecule has 1 aromatic rings. The Hall–Kier alpha value is -0.930. The highest BCUT2D eigenvalue weighted by atomic mass is 35.5. The van der Waals surface area contributed by atoms with E-state index in [9.17, 15) is 4.79 Å². The molecule has 0 aliphatic carbocycles. The van der Waals surface area contributed by atoms with Crippen LogP contribution < -0.4 is 10.1 Å². The number of nitrogens with one attached hydrogen (secondary N) is 1. The van der Waals surface area contributed by atoms with E-state index < -0.39 is 5.38 Å². The van der Waals surface area contributed by atoms with Gasteiger partial charge in [0.1, 0.15) is 11.1 Å². The molecule has 0 unspecified atom stereocenters. The fourth-order valence-electron chi connectivity index (χ4n) is 1.16. The molecule has 0 fully saturated rings. The van der Waals surface area contributed by atoms with Gasteiger partial charge in [-0.3, -0.25) is 4.79 Å². The van der Waals surface area contributed by atoms with Gasteiger partial charge in [0.15, 0.2) is 0 Å². The molecular formula is C11H13Cl2NO2. The van der Waals surface area contributed by atoms with Crippen LogP contribution in [-0.4, -0.2) is 18.4 Å². The number of hydrogen-bond acceptors (Lipinski definition) is 2. The van der Waals surface area contributed by atoms with Crippen molar-refractivity contribution in [2.24, 2.45) is 0 Å². The van der Waals surface area contributed by atoms with Gasteiger partial charge < -0.3 is 10.1 Å². The summed E-state index contributed by atoms with van der Waals surface area (Å²) in [5, 5.41) is 2.67. The van der Waals surface area contributed by atoms with Crippen LogP contribution in [0.1, 0.15) is 12.5 Å². The van der Waals surface area contributed by atoms with Crippen molar-refractivity contribution < 1.29 is 9.53 Å². The van der Waals surface area contributed by atoms with Gasteiger partial charge in [0.25, 0.3) is 0 Å². The summed E-state index contributed by atoms with van der Waals surface area (Å²) in [4.78, 5) is 11.4. The van der Waals surface area contributed by atoms with Crippen LogP contribution in [-0.2, 0) is 4.79 Å². The number of hydrogen-bond donors (Lipinski definition) is 1. The van der Waals surface area contributed by atoms with E-state index >= 15 is 0 Å². The van der Waals surface area contributed by atoms with E-state index in [1.165, 1.54) is 7.11 Å².